The quantitative estimate of drug-likeness (QED) is 0.349. The Bertz CT molecular complexity index is 939. The lowest BCUT2D eigenvalue weighted by molar-refractivity contribution is 0.0938. The highest BCUT2D eigenvalue weighted by atomic mass is 79.9. The Morgan fingerprint density at radius 2 is 1.84 bits per heavy atom. The summed E-state index contributed by atoms with van der Waals surface area (Å²) in [5, 5.41) is 8.56. The number of rotatable bonds is 9. The minimum absolute atomic E-state index is 0.0419. The van der Waals surface area contributed by atoms with Crippen LogP contribution in [0, 0.1) is 0 Å². The van der Waals surface area contributed by atoms with Gasteiger partial charge < -0.3 is 20.1 Å². The van der Waals surface area contributed by atoms with E-state index in [1.54, 1.807) is 49.6 Å². The van der Waals surface area contributed by atoms with Crippen LogP contribution in [0.5, 0.6) is 5.75 Å². The minimum atomic E-state index is -0.437. The Morgan fingerprint density at radius 3 is 2.55 bits per heavy atom. The molecule has 2 amide bonds. The maximum absolute atomic E-state index is 12.8. The van der Waals surface area contributed by atoms with Gasteiger partial charge >= 0.3 is 0 Å². The molecule has 3 N–H and O–H groups in total. The van der Waals surface area contributed by atoms with E-state index in [0.717, 1.165) is 10.9 Å². The van der Waals surface area contributed by atoms with Crippen LogP contribution < -0.4 is 20.7 Å². The van der Waals surface area contributed by atoms with Gasteiger partial charge in [0.1, 0.15) is 12.4 Å². The monoisotopic (exact) mass is 507 g/mol. The number of nitrogens with one attached hydrogen (secondary N) is 3. The zero-order valence-electron chi connectivity index (χ0n) is 17.7. The topological polar surface area (TPSA) is 88.7 Å². The third-order valence-electron chi connectivity index (χ3n) is 4.37. The molecule has 0 aliphatic heterocycles. The van der Waals surface area contributed by atoms with E-state index in [9.17, 15) is 9.59 Å². The molecule has 0 fully saturated rings. The number of carbonyl (C=O) groups excluding carboxylic acids is 2. The van der Waals surface area contributed by atoms with Crippen molar-refractivity contribution in [2.24, 2.45) is 0 Å². The van der Waals surface area contributed by atoms with Gasteiger partial charge in [-0.25, -0.2) is 0 Å². The van der Waals surface area contributed by atoms with Gasteiger partial charge in [-0.15, -0.1) is 0 Å². The average molecular weight is 508 g/mol. The zero-order valence-corrected chi connectivity index (χ0v) is 20.1. The van der Waals surface area contributed by atoms with Crippen molar-refractivity contribution in [3.63, 3.8) is 0 Å². The highest BCUT2D eigenvalue weighted by molar-refractivity contribution is 9.10. The second-order valence-electron chi connectivity index (χ2n) is 6.72. The van der Waals surface area contributed by atoms with Crippen LogP contribution in [-0.2, 0) is 4.74 Å². The number of methoxy groups -OCH3 is 1. The largest absolute Gasteiger partial charge is 0.490 e. The molecule has 0 aliphatic rings. The first-order valence-electron chi connectivity index (χ1n) is 9.79. The highest BCUT2D eigenvalue weighted by Gasteiger charge is 2.17. The van der Waals surface area contributed by atoms with Crippen molar-refractivity contribution in [2.45, 2.75) is 26.3 Å². The number of anilines is 1. The number of benzene rings is 2. The van der Waals surface area contributed by atoms with E-state index in [0.29, 0.717) is 35.8 Å². The average Bonchev–Trinajstić information content (AvgIpc) is 2.74. The first kappa shape index (κ1) is 24.8. The van der Waals surface area contributed by atoms with Crippen molar-refractivity contribution >= 4 is 50.8 Å². The summed E-state index contributed by atoms with van der Waals surface area (Å²) in [5.74, 6) is -0.242. The predicted molar refractivity (Wildman–Crippen MR) is 129 cm³/mol. The van der Waals surface area contributed by atoms with Crippen molar-refractivity contribution < 1.29 is 19.1 Å². The second-order valence-corrected chi connectivity index (χ2v) is 8.04. The molecule has 0 aromatic heterocycles. The number of para-hydroxylation sites is 1. The third kappa shape index (κ3) is 7.61. The van der Waals surface area contributed by atoms with Gasteiger partial charge in [-0.2, -0.15) is 0 Å². The predicted octanol–water partition coefficient (Wildman–Crippen LogP) is 4.13. The van der Waals surface area contributed by atoms with Crippen molar-refractivity contribution in [3.8, 4) is 5.75 Å². The summed E-state index contributed by atoms with van der Waals surface area (Å²) < 4.78 is 11.3. The summed E-state index contributed by atoms with van der Waals surface area (Å²) in [6, 6.07) is 12.1. The molecule has 0 heterocycles. The number of ether oxygens (including phenoxy) is 2. The maximum Gasteiger partial charge on any atom is 0.261 e. The molecule has 9 heteroatoms. The summed E-state index contributed by atoms with van der Waals surface area (Å²) >= 11 is 8.67. The molecule has 31 heavy (non-hydrogen) atoms. The van der Waals surface area contributed by atoms with Crippen molar-refractivity contribution in [1.29, 1.82) is 0 Å². The van der Waals surface area contributed by atoms with Crippen molar-refractivity contribution in [2.75, 3.05) is 25.6 Å². The van der Waals surface area contributed by atoms with Crippen LogP contribution in [0.2, 0.25) is 0 Å². The van der Waals surface area contributed by atoms with Crippen molar-refractivity contribution in [3.05, 3.63) is 58.1 Å². The van der Waals surface area contributed by atoms with Crippen LogP contribution >= 0.6 is 28.1 Å². The number of thiocarbonyl (C=S) groups is 1. The molecule has 7 nitrogen and oxygen atoms in total. The fraction of sp³-hybridized carbons (Fsp3) is 0.318. The smallest absolute Gasteiger partial charge is 0.261 e. The molecule has 0 saturated heterocycles. The number of hydrogen-bond donors (Lipinski definition) is 3. The van der Waals surface area contributed by atoms with Crippen LogP contribution in [0.3, 0.4) is 0 Å². The molecule has 1 atom stereocenters. The minimum Gasteiger partial charge on any atom is -0.490 e. The van der Waals surface area contributed by atoms with Crippen molar-refractivity contribution in [1.82, 2.24) is 10.6 Å². The van der Waals surface area contributed by atoms with E-state index >= 15 is 0 Å². The standard InChI is InChI=1S/C22H26BrN3O4S/c1-4-14(2)24-20(27)16-7-5-6-8-18(16)25-22(31)26-21(28)17-13-15(23)9-10-19(17)30-12-11-29-3/h5-10,13-14H,4,11-12H2,1-3H3,(H,24,27)(H2,25,26,28,31). The van der Waals surface area contributed by atoms with Gasteiger partial charge in [0.2, 0.25) is 0 Å². The molecule has 2 aromatic rings. The molecule has 0 aliphatic carbocycles. The van der Waals surface area contributed by atoms with Crippen LogP contribution in [-0.4, -0.2) is 43.3 Å². The number of carbonyl (C=O) groups is 2. The number of halogens is 1. The van der Waals surface area contributed by atoms with Crippen LogP contribution in [0.4, 0.5) is 5.69 Å². The SMILES string of the molecule is CCC(C)NC(=O)c1ccccc1NC(=S)NC(=O)c1cc(Br)ccc1OCCOC. The molecule has 166 valence electrons. The number of hydrogen-bond acceptors (Lipinski definition) is 5. The van der Waals surface area contributed by atoms with Crippen LogP contribution in [0.25, 0.3) is 0 Å². The Kier molecular flexibility index (Phi) is 9.90. The van der Waals surface area contributed by atoms with Gasteiger partial charge in [-0.3, -0.25) is 14.9 Å². The lowest BCUT2D eigenvalue weighted by atomic mass is 10.1. The third-order valence-corrected chi connectivity index (χ3v) is 5.07. The number of amides is 2. The Morgan fingerprint density at radius 1 is 1.10 bits per heavy atom. The summed E-state index contributed by atoms with van der Waals surface area (Å²) in [7, 11) is 1.57. The van der Waals surface area contributed by atoms with Crippen LogP contribution in [0.1, 0.15) is 41.0 Å². The lowest BCUT2D eigenvalue weighted by Gasteiger charge is -2.16. The summed E-state index contributed by atoms with van der Waals surface area (Å²) in [6.45, 7) is 4.63. The van der Waals surface area contributed by atoms with E-state index < -0.39 is 5.91 Å². The molecule has 0 radical (unpaired) electrons. The van der Waals surface area contributed by atoms with E-state index in [-0.39, 0.29) is 17.1 Å². The molecule has 0 saturated carbocycles. The zero-order chi connectivity index (χ0) is 22.8. The fourth-order valence-electron chi connectivity index (χ4n) is 2.56. The molecule has 0 spiro atoms. The van der Waals surface area contributed by atoms with Gasteiger partial charge in [-0.1, -0.05) is 35.0 Å². The van der Waals surface area contributed by atoms with E-state index in [1.807, 2.05) is 13.8 Å². The normalized spacial score (nSPS) is 11.4. The maximum atomic E-state index is 12.8. The first-order valence-corrected chi connectivity index (χ1v) is 11.0. The van der Waals surface area contributed by atoms with Gasteiger partial charge in [0.25, 0.3) is 11.8 Å². The molecule has 1 unspecified atom stereocenters. The van der Waals surface area contributed by atoms with E-state index in [1.165, 1.54) is 0 Å². The van der Waals surface area contributed by atoms with Crippen LogP contribution in [0.15, 0.2) is 46.9 Å². The van der Waals surface area contributed by atoms with E-state index in [4.69, 9.17) is 21.7 Å². The van der Waals surface area contributed by atoms with Gasteiger partial charge in [-0.05, 0) is 55.9 Å². The Labute approximate surface area is 196 Å². The molecular weight excluding hydrogens is 482 g/mol. The summed E-state index contributed by atoms with van der Waals surface area (Å²) in [5.41, 5.74) is 1.25. The van der Waals surface area contributed by atoms with Gasteiger partial charge in [0, 0.05) is 17.6 Å². The Balaban J connectivity index is 2.11. The second kappa shape index (κ2) is 12.4. The Hall–Kier alpha value is -2.49. The lowest BCUT2D eigenvalue weighted by Crippen LogP contribution is -2.36. The first-order chi connectivity index (χ1) is 14.8. The molecule has 2 aromatic carbocycles. The molecule has 2 rings (SSSR count). The molecule has 0 bridgehead atoms. The fourth-order valence-corrected chi connectivity index (χ4v) is 3.12. The summed E-state index contributed by atoms with van der Waals surface area (Å²) in [4.78, 5) is 25.4. The summed E-state index contributed by atoms with van der Waals surface area (Å²) in [6.07, 6.45) is 0.817. The van der Waals surface area contributed by atoms with Gasteiger partial charge in [0.05, 0.1) is 23.4 Å². The highest BCUT2D eigenvalue weighted by Crippen LogP contribution is 2.23. The molecular formula is C22H26BrN3O4S. The van der Waals surface area contributed by atoms with Gasteiger partial charge in [0.15, 0.2) is 5.11 Å². The van der Waals surface area contributed by atoms with E-state index in [2.05, 4.69) is 31.9 Å².